The van der Waals surface area contributed by atoms with E-state index in [-0.39, 0.29) is 10.5 Å². The lowest BCUT2D eigenvalue weighted by Crippen LogP contribution is -2.15. The van der Waals surface area contributed by atoms with Crippen LogP contribution in [0.25, 0.3) is 11.1 Å². The Kier molecular flexibility index (Phi) is 6.26. The molecule has 2 aromatic carbocycles. The standard InChI is InChI=1S/C18H21NO4S2/c1-12(2)8-9-24-15-10-14(18(20)21)11-16(25(19,22)23)17(15)13-6-4-3-5-7-13/h3-7,10-12H,8-9H2,1-2H3,(H,20,21)(H2,19,22,23). The first-order chi connectivity index (χ1) is 11.7. The van der Waals surface area contributed by atoms with E-state index in [9.17, 15) is 18.3 Å². The van der Waals surface area contributed by atoms with Gasteiger partial charge in [0.25, 0.3) is 0 Å². The van der Waals surface area contributed by atoms with E-state index in [1.807, 2.05) is 6.07 Å². The molecule has 0 aliphatic carbocycles. The second kappa shape index (κ2) is 8.03. The summed E-state index contributed by atoms with van der Waals surface area (Å²) in [6.07, 6.45) is 0.931. The van der Waals surface area contributed by atoms with Crippen LogP contribution in [-0.4, -0.2) is 25.2 Å². The van der Waals surface area contributed by atoms with Crippen molar-refractivity contribution in [1.29, 1.82) is 0 Å². The molecule has 0 radical (unpaired) electrons. The van der Waals surface area contributed by atoms with Crippen LogP contribution in [-0.2, 0) is 10.0 Å². The van der Waals surface area contributed by atoms with Gasteiger partial charge in [0.15, 0.2) is 0 Å². The Balaban J connectivity index is 2.68. The normalized spacial score (nSPS) is 11.7. The van der Waals surface area contributed by atoms with Crippen molar-refractivity contribution in [1.82, 2.24) is 0 Å². The predicted molar refractivity (Wildman–Crippen MR) is 100 cm³/mol. The number of benzene rings is 2. The number of thioether (sulfide) groups is 1. The molecule has 0 saturated heterocycles. The molecule has 5 nitrogen and oxygen atoms in total. The summed E-state index contributed by atoms with van der Waals surface area (Å²) >= 11 is 1.45. The third kappa shape index (κ3) is 5.07. The molecule has 7 heteroatoms. The van der Waals surface area contributed by atoms with E-state index in [1.165, 1.54) is 17.8 Å². The minimum atomic E-state index is -4.08. The van der Waals surface area contributed by atoms with Gasteiger partial charge in [-0.25, -0.2) is 18.4 Å². The highest BCUT2D eigenvalue weighted by molar-refractivity contribution is 7.99. The molecule has 0 bridgehead atoms. The van der Waals surface area contributed by atoms with Gasteiger partial charge in [0.1, 0.15) is 0 Å². The van der Waals surface area contributed by atoms with Crippen molar-refractivity contribution in [3.8, 4) is 11.1 Å². The van der Waals surface area contributed by atoms with Gasteiger partial charge in [-0.15, -0.1) is 11.8 Å². The summed E-state index contributed by atoms with van der Waals surface area (Å²) in [5.74, 6) is 0.0632. The Bertz CT molecular complexity index is 862. The number of hydrogen-bond acceptors (Lipinski definition) is 4. The molecule has 3 N–H and O–H groups in total. The molecule has 0 fully saturated rings. The summed E-state index contributed by atoms with van der Waals surface area (Å²) in [6.45, 7) is 4.20. The third-order valence-corrected chi connectivity index (χ3v) is 5.64. The highest BCUT2D eigenvalue weighted by Crippen LogP contribution is 2.38. The first kappa shape index (κ1) is 19.5. The Hall–Kier alpha value is -1.83. The maximum absolute atomic E-state index is 12.1. The highest BCUT2D eigenvalue weighted by Gasteiger charge is 2.22. The van der Waals surface area contributed by atoms with E-state index < -0.39 is 16.0 Å². The summed E-state index contributed by atoms with van der Waals surface area (Å²) in [6, 6.07) is 11.7. The van der Waals surface area contributed by atoms with Crippen LogP contribution in [0.5, 0.6) is 0 Å². The second-order valence-electron chi connectivity index (χ2n) is 6.09. The molecule has 0 saturated carbocycles. The van der Waals surface area contributed by atoms with Crippen molar-refractivity contribution in [3.63, 3.8) is 0 Å². The maximum atomic E-state index is 12.1. The van der Waals surface area contributed by atoms with Gasteiger partial charge in [0.05, 0.1) is 10.5 Å². The number of carbonyl (C=O) groups is 1. The smallest absolute Gasteiger partial charge is 0.335 e. The van der Waals surface area contributed by atoms with E-state index in [0.29, 0.717) is 21.9 Å². The Morgan fingerprint density at radius 2 is 1.84 bits per heavy atom. The second-order valence-corrected chi connectivity index (χ2v) is 8.76. The van der Waals surface area contributed by atoms with E-state index in [2.05, 4.69) is 13.8 Å². The van der Waals surface area contributed by atoms with Crippen molar-refractivity contribution in [3.05, 3.63) is 48.0 Å². The topological polar surface area (TPSA) is 97.5 Å². The minimum Gasteiger partial charge on any atom is -0.478 e. The molecule has 0 amide bonds. The minimum absolute atomic E-state index is 0.0873. The Morgan fingerprint density at radius 1 is 1.20 bits per heavy atom. The lowest BCUT2D eigenvalue weighted by Gasteiger charge is -2.15. The number of aromatic carboxylic acids is 1. The Morgan fingerprint density at radius 3 is 2.36 bits per heavy atom. The molecular formula is C18H21NO4S2. The van der Waals surface area contributed by atoms with E-state index in [0.717, 1.165) is 18.2 Å². The molecule has 0 atom stereocenters. The number of primary sulfonamides is 1. The van der Waals surface area contributed by atoms with Crippen molar-refractivity contribution < 1.29 is 18.3 Å². The van der Waals surface area contributed by atoms with Crippen LogP contribution in [0.1, 0.15) is 30.6 Å². The van der Waals surface area contributed by atoms with Crippen LogP contribution < -0.4 is 5.14 Å². The van der Waals surface area contributed by atoms with Crippen LogP contribution >= 0.6 is 11.8 Å². The van der Waals surface area contributed by atoms with E-state index >= 15 is 0 Å². The predicted octanol–water partition coefficient (Wildman–Crippen LogP) is 3.84. The number of nitrogens with two attached hydrogens (primary N) is 1. The van der Waals surface area contributed by atoms with Crippen molar-refractivity contribution in [2.75, 3.05) is 5.75 Å². The van der Waals surface area contributed by atoms with Gasteiger partial charge in [-0.05, 0) is 35.8 Å². The van der Waals surface area contributed by atoms with Gasteiger partial charge >= 0.3 is 5.97 Å². The molecule has 0 unspecified atom stereocenters. The average Bonchev–Trinajstić information content (AvgIpc) is 2.53. The molecule has 2 aromatic rings. The van der Waals surface area contributed by atoms with Gasteiger partial charge in [-0.2, -0.15) is 0 Å². The fraction of sp³-hybridized carbons (Fsp3) is 0.278. The average molecular weight is 380 g/mol. The first-order valence-corrected chi connectivity index (χ1v) is 10.4. The van der Waals surface area contributed by atoms with Gasteiger partial charge in [-0.1, -0.05) is 44.2 Å². The molecular weight excluding hydrogens is 358 g/mol. The zero-order chi connectivity index (χ0) is 18.6. The summed E-state index contributed by atoms with van der Waals surface area (Å²) in [4.78, 5) is 11.9. The van der Waals surface area contributed by atoms with Crippen molar-refractivity contribution in [2.45, 2.75) is 30.1 Å². The lowest BCUT2D eigenvalue weighted by molar-refractivity contribution is 0.0696. The van der Waals surface area contributed by atoms with Crippen LogP contribution in [0.3, 0.4) is 0 Å². The van der Waals surface area contributed by atoms with Gasteiger partial charge in [0.2, 0.25) is 10.0 Å². The number of carboxylic acid groups (broad SMARTS) is 1. The molecule has 2 rings (SSSR count). The fourth-order valence-corrected chi connectivity index (χ4v) is 4.61. The maximum Gasteiger partial charge on any atom is 0.335 e. The van der Waals surface area contributed by atoms with E-state index in [4.69, 9.17) is 5.14 Å². The highest BCUT2D eigenvalue weighted by atomic mass is 32.2. The van der Waals surface area contributed by atoms with Crippen LogP contribution in [0, 0.1) is 5.92 Å². The molecule has 0 heterocycles. The quantitative estimate of drug-likeness (QED) is 0.712. The summed E-state index contributed by atoms with van der Waals surface area (Å²) < 4.78 is 24.2. The molecule has 134 valence electrons. The SMILES string of the molecule is CC(C)CCSc1cc(C(=O)O)cc(S(N)(=O)=O)c1-c1ccccc1. The number of sulfonamides is 1. The lowest BCUT2D eigenvalue weighted by atomic mass is 10.0. The van der Waals surface area contributed by atoms with Crippen LogP contribution in [0.15, 0.2) is 52.3 Å². The fourth-order valence-electron chi connectivity index (χ4n) is 2.35. The molecule has 0 aliphatic heterocycles. The monoisotopic (exact) mass is 379 g/mol. The zero-order valence-electron chi connectivity index (χ0n) is 14.1. The number of rotatable bonds is 7. The zero-order valence-corrected chi connectivity index (χ0v) is 15.7. The van der Waals surface area contributed by atoms with Crippen molar-refractivity contribution in [2.24, 2.45) is 11.1 Å². The number of hydrogen-bond donors (Lipinski definition) is 2. The summed E-state index contributed by atoms with van der Waals surface area (Å²) in [5.41, 5.74) is 1.06. The summed E-state index contributed by atoms with van der Waals surface area (Å²) in [7, 11) is -4.08. The molecule has 0 aliphatic rings. The van der Waals surface area contributed by atoms with Crippen LogP contribution in [0.2, 0.25) is 0 Å². The largest absolute Gasteiger partial charge is 0.478 e. The Labute approximate surface area is 152 Å². The number of carboxylic acids is 1. The van der Waals surface area contributed by atoms with Crippen molar-refractivity contribution >= 4 is 27.8 Å². The van der Waals surface area contributed by atoms with Gasteiger partial charge in [0, 0.05) is 10.5 Å². The first-order valence-electron chi connectivity index (χ1n) is 7.82. The van der Waals surface area contributed by atoms with E-state index in [1.54, 1.807) is 24.3 Å². The molecule has 25 heavy (non-hydrogen) atoms. The third-order valence-electron chi connectivity index (χ3n) is 3.63. The summed E-state index contributed by atoms with van der Waals surface area (Å²) in [5, 5.41) is 14.7. The van der Waals surface area contributed by atoms with Gasteiger partial charge < -0.3 is 5.11 Å². The van der Waals surface area contributed by atoms with Gasteiger partial charge in [-0.3, -0.25) is 0 Å². The molecule has 0 aromatic heterocycles. The molecule has 0 spiro atoms. The van der Waals surface area contributed by atoms with Crippen LogP contribution in [0.4, 0.5) is 0 Å².